The molecule has 126 valence electrons. The molecule has 2 saturated heterocycles. The van der Waals surface area contributed by atoms with Gasteiger partial charge in [0.05, 0.1) is 17.4 Å². The van der Waals surface area contributed by atoms with Crippen molar-refractivity contribution in [3.05, 3.63) is 47.2 Å². The molecule has 2 atom stereocenters. The molecule has 1 N–H and O–H groups in total. The molecule has 5 nitrogen and oxygen atoms in total. The standard InChI is InChI=1S/C18H21ClN4O/c19-16-2-1-3-17(8-16)23-12-15(11-21-23)18(24)22-6-4-13-9-20-10-14(13)5-7-22/h1-3,8,11-14,20H,4-7,9-10H2/t13-,14+. The normalized spacial score (nSPS) is 23.8. The molecule has 1 amide bonds. The minimum Gasteiger partial charge on any atom is -0.339 e. The van der Waals surface area contributed by atoms with E-state index < -0.39 is 0 Å². The summed E-state index contributed by atoms with van der Waals surface area (Å²) >= 11 is 6.03. The summed E-state index contributed by atoms with van der Waals surface area (Å²) in [6.07, 6.45) is 5.62. The van der Waals surface area contributed by atoms with Crippen molar-refractivity contribution in [3.63, 3.8) is 0 Å². The van der Waals surface area contributed by atoms with Crippen LogP contribution in [0.1, 0.15) is 23.2 Å². The van der Waals surface area contributed by atoms with Crippen LogP contribution in [-0.4, -0.2) is 46.8 Å². The number of likely N-dealkylation sites (tertiary alicyclic amines) is 1. The summed E-state index contributed by atoms with van der Waals surface area (Å²) in [6.45, 7) is 3.87. The van der Waals surface area contributed by atoms with E-state index >= 15 is 0 Å². The molecule has 1 aromatic carbocycles. The number of benzene rings is 1. The third-order valence-corrected chi connectivity index (χ3v) is 5.44. The van der Waals surface area contributed by atoms with Crippen molar-refractivity contribution in [2.24, 2.45) is 11.8 Å². The lowest BCUT2D eigenvalue weighted by Crippen LogP contribution is -2.32. The van der Waals surface area contributed by atoms with Gasteiger partial charge in [0, 0.05) is 24.3 Å². The largest absolute Gasteiger partial charge is 0.339 e. The Morgan fingerprint density at radius 2 is 1.96 bits per heavy atom. The van der Waals surface area contributed by atoms with Gasteiger partial charge in [-0.05, 0) is 56.0 Å². The van der Waals surface area contributed by atoms with Crippen molar-refractivity contribution >= 4 is 17.5 Å². The summed E-state index contributed by atoms with van der Waals surface area (Å²) in [6, 6.07) is 7.46. The molecule has 2 aliphatic rings. The van der Waals surface area contributed by atoms with Crippen LogP contribution in [0.15, 0.2) is 36.7 Å². The van der Waals surface area contributed by atoms with Crippen LogP contribution in [0, 0.1) is 11.8 Å². The Morgan fingerprint density at radius 1 is 1.21 bits per heavy atom. The topological polar surface area (TPSA) is 50.2 Å². The minimum absolute atomic E-state index is 0.0798. The van der Waals surface area contributed by atoms with E-state index in [1.165, 1.54) is 0 Å². The average Bonchev–Trinajstić information content (AvgIpc) is 3.20. The maximum Gasteiger partial charge on any atom is 0.257 e. The number of halogens is 1. The van der Waals surface area contributed by atoms with Crippen LogP contribution in [0.3, 0.4) is 0 Å². The summed E-state index contributed by atoms with van der Waals surface area (Å²) in [5, 5.41) is 8.45. The SMILES string of the molecule is O=C(c1cnn(-c2cccc(Cl)c2)c1)N1CC[C@@H]2CNC[C@@H]2CC1. The highest BCUT2D eigenvalue weighted by Gasteiger charge is 2.31. The molecular weight excluding hydrogens is 324 g/mol. The zero-order valence-corrected chi connectivity index (χ0v) is 14.2. The number of aromatic nitrogens is 2. The van der Waals surface area contributed by atoms with Gasteiger partial charge in [-0.3, -0.25) is 4.79 Å². The van der Waals surface area contributed by atoms with Gasteiger partial charge in [-0.2, -0.15) is 5.10 Å². The molecule has 0 radical (unpaired) electrons. The molecule has 0 saturated carbocycles. The first-order chi connectivity index (χ1) is 11.7. The Kier molecular flexibility index (Phi) is 4.29. The number of nitrogens with zero attached hydrogens (tertiary/aromatic N) is 3. The molecule has 24 heavy (non-hydrogen) atoms. The second kappa shape index (κ2) is 6.57. The minimum atomic E-state index is 0.0798. The third-order valence-electron chi connectivity index (χ3n) is 5.21. The summed E-state index contributed by atoms with van der Waals surface area (Å²) in [7, 11) is 0. The van der Waals surface area contributed by atoms with Crippen LogP contribution in [0.5, 0.6) is 0 Å². The molecule has 0 unspecified atom stereocenters. The van der Waals surface area contributed by atoms with E-state index in [0.717, 1.165) is 56.5 Å². The summed E-state index contributed by atoms with van der Waals surface area (Å²) in [5.74, 6) is 1.52. The van der Waals surface area contributed by atoms with Crippen molar-refractivity contribution in [3.8, 4) is 5.69 Å². The fourth-order valence-corrected chi connectivity index (χ4v) is 3.98. The lowest BCUT2D eigenvalue weighted by atomic mass is 9.92. The summed E-state index contributed by atoms with van der Waals surface area (Å²) in [4.78, 5) is 14.8. The van der Waals surface area contributed by atoms with Gasteiger partial charge in [0.2, 0.25) is 0 Å². The second-order valence-corrected chi connectivity index (χ2v) is 7.14. The predicted octanol–water partition coefficient (Wildman–Crippen LogP) is 2.60. The van der Waals surface area contributed by atoms with E-state index in [-0.39, 0.29) is 5.91 Å². The van der Waals surface area contributed by atoms with Crippen LogP contribution in [0.4, 0.5) is 0 Å². The average molecular weight is 345 g/mol. The summed E-state index contributed by atoms with van der Waals surface area (Å²) < 4.78 is 1.70. The van der Waals surface area contributed by atoms with Gasteiger partial charge in [0.15, 0.2) is 0 Å². The quantitative estimate of drug-likeness (QED) is 0.911. The van der Waals surface area contributed by atoms with E-state index in [0.29, 0.717) is 10.6 Å². The zero-order chi connectivity index (χ0) is 16.5. The highest BCUT2D eigenvalue weighted by atomic mass is 35.5. The molecule has 3 heterocycles. The number of carbonyl (C=O) groups is 1. The van der Waals surface area contributed by atoms with E-state index in [1.54, 1.807) is 17.1 Å². The molecule has 2 aromatic rings. The number of hydrogen-bond acceptors (Lipinski definition) is 3. The monoisotopic (exact) mass is 344 g/mol. The number of hydrogen-bond donors (Lipinski definition) is 1. The Hall–Kier alpha value is -1.85. The van der Waals surface area contributed by atoms with E-state index in [9.17, 15) is 4.79 Å². The number of carbonyl (C=O) groups excluding carboxylic acids is 1. The molecule has 0 bridgehead atoms. The first-order valence-corrected chi connectivity index (χ1v) is 8.89. The van der Waals surface area contributed by atoms with Gasteiger partial charge in [-0.1, -0.05) is 17.7 Å². The fourth-order valence-electron chi connectivity index (χ4n) is 3.80. The second-order valence-electron chi connectivity index (χ2n) is 6.70. The molecule has 0 spiro atoms. The Balaban J connectivity index is 1.49. The van der Waals surface area contributed by atoms with Crippen molar-refractivity contribution < 1.29 is 4.79 Å². The Morgan fingerprint density at radius 3 is 2.67 bits per heavy atom. The van der Waals surface area contributed by atoms with Crippen LogP contribution >= 0.6 is 11.6 Å². The smallest absolute Gasteiger partial charge is 0.257 e. The molecular formula is C18H21ClN4O. The number of nitrogens with one attached hydrogen (secondary N) is 1. The number of amides is 1. The van der Waals surface area contributed by atoms with Crippen LogP contribution in [0.2, 0.25) is 5.02 Å². The van der Waals surface area contributed by atoms with Crippen molar-refractivity contribution in [2.45, 2.75) is 12.8 Å². The van der Waals surface area contributed by atoms with Gasteiger partial charge in [-0.15, -0.1) is 0 Å². The van der Waals surface area contributed by atoms with Crippen molar-refractivity contribution in [2.75, 3.05) is 26.2 Å². The molecule has 2 fully saturated rings. The van der Waals surface area contributed by atoms with E-state index in [2.05, 4.69) is 10.4 Å². The van der Waals surface area contributed by atoms with Gasteiger partial charge in [0.25, 0.3) is 5.91 Å². The number of fused-ring (bicyclic) bond motifs is 1. The number of rotatable bonds is 2. The highest BCUT2D eigenvalue weighted by Crippen LogP contribution is 2.27. The lowest BCUT2D eigenvalue weighted by Gasteiger charge is -2.20. The first kappa shape index (κ1) is 15.7. The lowest BCUT2D eigenvalue weighted by molar-refractivity contribution is 0.0758. The van der Waals surface area contributed by atoms with Crippen LogP contribution < -0.4 is 5.32 Å². The van der Waals surface area contributed by atoms with Crippen LogP contribution in [0.25, 0.3) is 5.69 Å². The van der Waals surface area contributed by atoms with Crippen molar-refractivity contribution in [1.82, 2.24) is 20.0 Å². The molecule has 6 heteroatoms. The summed E-state index contributed by atoms with van der Waals surface area (Å²) in [5.41, 5.74) is 1.50. The van der Waals surface area contributed by atoms with Gasteiger partial charge in [0.1, 0.15) is 0 Å². The molecule has 0 aliphatic carbocycles. The third kappa shape index (κ3) is 3.06. The van der Waals surface area contributed by atoms with E-state index in [4.69, 9.17) is 11.6 Å². The first-order valence-electron chi connectivity index (χ1n) is 8.51. The zero-order valence-electron chi connectivity index (χ0n) is 13.5. The molecule has 2 aliphatic heterocycles. The van der Waals surface area contributed by atoms with E-state index in [1.807, 2.05) is 29.2 Å². The molecule has 1 aromatic heterocycles. The molecule has 4 rings (SSSR count). The maximum absolute atomic E-state index is 12.8. The van der Waals surface area contributed by atoms with Gasteiger partial charge in [-0.25, -0.2) is 4.68 Å². The fraction of sp³-hybridized carbons (Fsp3) is 0.444. The van der Waals surface area contributed by atoms with Gasteiger partial charge < -0.3 is 10.2 Å². The Labute approximate surface area is 146 Å². The van der Waals surface area contributed by atoms with Gasteiger partial charge >= 0.3 is 0 Å². The maximum atomic E-state index is 12.8. The Bertz CT molecular complexity index is 730. The predicted molar refractivity (Wildman–Crippen MR) is 93.6 cm³/mol. The van der Waals surface area contributed by atoms with Crippen LogP contribution in [-0.2, 0) is 0 Å². The highest BCUT2D eigenvalue weighted by molar-refractivity contribution is 6.30. The van der Waals surface area contributed by atoms with Crippen molar-refractivity contribution in [1.29, 1.82) is 0 Å².